The second kappa shape index (κ2) is 5.24. The summed E-state index contributed by atoms with van der Waals surface area (Å²) in [6.45, 7) is -0.160. The minimum absolute atomic E-state index is 0.160. The minimum atomic E-state index is -1.23. The predicted molar refractivity (Wildman–Crippen MR) is 61.3 cm³/mol. The van der Waals surface area contributed by atoms with Gasteiger partial charge in [0, 0.05) is 0 Å². The molecule has 0 bridgehead atoms. The van der Waals surface area contributed by atoms with Crippen LogP contribution in [0, 0.1) is 0 Å². The zero-order chi connectivity index (χ0) is 13.0. The van der Waals surface area contributed by atoms with Crippen LogP contribution in [0.15, 0.2) is 36.5 Å². The molecular weight excluding hydrogens is 234 g/mol. The van der Waals surface area contributed by atoms with E-state index in [1.54, 1.807) is 30.5 Å². The Morgan fingerprint density at radius 2 is 2.11 bits per heavy atom. The van der Waals surface area contributed by atoms with Gasteiger partial charge in [0.2, 0.25) is 0 Å². The molecule has 92 valence electrons. The zero-order valence-electron chi connectivity index (χ0n) is 9.35. The number of aliphatic hydroxyl groups is 1. The number of benzene rings is 1. The summed E-state index contributed by atoms with van der Waals surface area (Å²) in [5.41, 5.74) is 1.99. The van der Waals surface area contributed by atoms with E-state index in [2.05, 4.69) is 10.3 Å². The molecule has 0 amide bonds. The van der Waals surface area contributed by atoms with Gasteiger partial charge in [-0.05, 0) is 23.8 Å². The maximum Gasteiger partial charge on any atom is 0.109 e. The maximum atomic E-state index is 10.3. The molecule has 0 unspecified atom stereocenters. The van der Waals surface area contributed by atoms with Crippen LogP contribution in [0.1, 0.15) is 11.3 Å². The highest BCUT2D eigenvalue weighted by Gasteiger charge is 2.00. The molecular formula is C12H10N3O3-. The Hall–Kier alpha value is -2.47. The molecule has 6 nitrogen and oxygen atoms in total. The van der Waals surface area contributed by atoms with E-state index in [4.69, 9.17) is 5.11 Å². The van der Waals surface area contributed by atoms with Crippen LogP contribution in [-0.4, -0.2) is 26.1 Å². The van der Waals surface area contributed by atoms with Crippen LogP contribution in [0.2, 0.25) is 0 Å². The van der Waals surface area contributed by atoms with Crippen LogP contribution < -0.4 is 5.11 Å². The number of carbonyl (C=O) groups excluding carboxylic acids is 1. The van der Waals surface area contributed by atoms with Crippen molar-refractivity contribution in [3.8, 4) is 5.69 Å². The lowest BCUT2D eigenvalue weighted by atomic mass is 10.2. The standard InChI is InChI=1S/C12H11N3O3/c16-8-10-7-15(14-13-10)11-4-1-9(2-5-11)3-6-12(17)18/h1-7,16H,8H2,(H,17,18)/p-1/b6-3+. The van der Waals surface area contributed by atoms with E-state index in [0.717, 1.165) is 17.3 Å². The number of nitrogens with zero attached hydrogens (tertiary/aromatic N) is 3. The van der Waals surface area contributed by atoms with Crippen molar-refractivity contribution >= 4 is 12.0 Å². The summed E-state index contributed by atoms with van der Waals surface area (Å²) in [6.07, 6.45) is 4.03. The SMILES string of the molecule is O=C([O-])/C=C/c1ccc(-n2cc(CO)nn2)cc1. The van der Waals surface area contributed by atoms with E-state index in [1.165, 1.54) is 10.8 Å². The van der Waals surface area contributed by atoms with Crippen molar-refractivity contribution in [3.63, 3.8) is 0 Å². The smallest absolute Gasteiger partial charge is 0.109 e. The van der Waals surface area contributed by atoms with Gasteiger partial charge >= 0.3 is 0 Å². The van der Waals surface area contributed by atoms with Gasteiger partial charge in [0.1, 0.15) is 5.69 Å². The van der Waals surface area contributed by atoms with Crippen molar-refractivity contribution in [2.75, 3.05) is 0 Å². The van der Waals surface area contributed by atoms with Crippen molar-refractivity contribution in [1.82, 2.24) is 15.0 Å². The summed E-state index contributed by atoms with van der Waals surface area (Å²) in [5, 5.41) is 26.7. The number of aliphatic carboxylic acids is 1. The average molecular weight is 244 g/mol. The Balaban J connectivity index is 2.19. The lowest BCUT2D eigenvalue weighted by Crippen LogP contribution is -2.18. The molecule has 0 aliphatic carbocycles. The fourth-order valence-corrected chi connectivity index (χ4v) is 1.40. The first-order chi connectivity index (χ1) is 8.69. The molecule has 0 saturated carbocycles. The second-order valence-electron chi connectivity index (χ2n) is 3.56. The molecule has 0 aliphatic heterocycles. The molecule has 1 heterocycles. The Morgan fingerprint density at radius 3 is 2.67 bits per heavy atom. The minimum Gasteiger partial charge on any atom is -0.545 e. The largest absolute Gasteiger partial charge is 0.545 e. The van der Waals surface area contributed by atoms with Gasteiger partial charge in [0.05, 0.1) is 24.5 Å². The number of carboxylic acid groups (broad SMARTS) is 1. The average Bonchev–Trinajstić information content (AvgIpc) is 2.85. The molecule has 1 aromatic heterocycles. The van der Waals surface area contributed by atoms with Crippen LogP contribution >= 0.6 is 0 Å². The summed E-state index contributed by atoms with van der Waals surface area (Å²) in [7, 11) is 0. The summed E-state index contributed by atoms with van der Waals surface area (Å²) in [5.74, 6) is -1.23. The molecule has 6 heteroatoms. The summed E-state index contributed by atoms with van der Waals surface area (Å²) < 4.78 is 1.53. The number of carboxylic acids is 1. The third-order valence-corrected chi connectivity index (χ3v) is 2.27. The summed E-state index contributed by atoms with van der Waals surface area (Å²) in [4.78, 5) is 10.3. The third kappa shape index (κ3) is 2.80. The fraction of sp³-hybridized carbons (Fsp3) is 0.0833. The molecule has 0 spiro atoms. The molecule has 2 rings (SSSR count). The first kappa shape index (κ1) is 12.0. The van der Waals surface area contributed by atoms with Gasteiger partial charge in [-0.3, -0.25) is 0 Å². The van der Waals surface area contributed by atoms with E-state index < -0.39 is 5.97 Å². The van der Waals surface area contributed by atoms with Gasteiger partial charge in [-0.2, -0.15) is 0 Å². The van der Waals surface area contributed by atoms with Crippen molar-refractivity contribution in [2.24, 2.45) is 0 Å². The van der Waals surface area contributed by atoms with Crippen molar-refractivity contribution in [3.05, 3.63) is 47.8 Å². The summed E-state index contributed by atoms with van der Waals surface area (Å²) >= 11 is 0. The zero-order valence-corrected chi connectivity index (χ0v) is 9.35. The normalized spacial score (nSPS) is 10.9. The van der Waals surface area contributed by atoms with Crippen LogP contribution in [0.4, 0.5) is 0 Å². The van der Waals surface area contributed by atoms with Gasteiger partial charge in [0.15, 0.2) is 0 Å². The highest BCUT2D eigenvalue weighted by molar-refractivity contribution is 5.83. The topological polar surface area (TPSA) is 91.1 Å². The first-order valence-electron chi connectivity index (χ1n) is 5.20. The Morgan fingerprint density at radius 1 is 1.39 bits per heavy atom. The highest BCUT2D eigenvalue weighted by Crippen LogP contribution is 2.10. The molecule has 18 heavy (non-hydrogen) atoms. The van der Waals surface area contributed by atoms with Crippen LogP contribution in [0.25, 0.3) is 11.8 Å². The monoisotopic (exact) mass is 244 g/mol. The van der Waals surface area contributed by atoms with Crippen molar-refractivity contribution < 1.29 is 15.0 Å². The number of aliphatic hydroxyl groups excluding tert-OH is 1. The molecule has 1 N–H and O–H groups in total. The molecule has 0 aliphatic rings. The van der Waals surface area contributed by atoms with Crippen molar-refractivity contribution in [1.29, 1.82) is 0 Å². The van der Waals surface area contributed by atoms with Gasteiger partial charge in [-0.25, -0.2) is 4.68 Å². The predicted octanol–water partition coefficient (Wildman–Crippen LogP) is -0.477. The Bertz CT molecular complexity index is 573. The van der Waals surface area contributed by atoms with Gasteiger partial charge in [-0.15, -0.1) is 5.10 Å². The fourth-order valence-electron chi connectivity index (χ4n) is 1.40. The number of aromatic nitrogens is 3. The van der Waals surface area contributed by atoms with Gasteiger partial charge < -0.3 is 15.0 Å². The van der Waals surface area contributed by atoms with Crippen LogP contribution in [0.5, 0.6) is 0 Å². The van der Waals surface area contributed by atoms with E-state index in [9.17, 15) is 9.90 Å². The Labute approximate surface area is 103 Å². The van der Waals surface area contributed by atoms with E-state index in [-0.39, 0.29) is 6.61 Å². The molecule has 0 radical (unpaired) electrons. The molecule has 2 aromatic rings. The lowest BCUT2D eigenvalue weighted by Gasteiger charge is -2.00. The molecule has 0 atom stereocenters. The number of rotatable bonds is 4. The lowest BCUT2D eigenvalue weighted by molar-refractivity contribution is -0.297. The summed E-state index contributed by atoms with van der Waals surface area (Å²) in [6, 6.07) is 7.03. The number of hydrogen-bond donors (Lipinski definition) is 1. The van der Waals surface area contributed by atoms with Gasteiger partial charge in [-0.1, -0.05) is 23.4 Å². The van der Waals surface area contributed by atoms with Gasteiger partial charge in [0.25, 0.3) is 0 Å². The second-order valence-corrected chi connectivity index (χ2v) is 3.56. The first-order valence-corrected chi connectivity index (χ1v) is 5.20. The molecule has 0 fully saturated rings. The van der Waals surface area contributed by atoms with E-state index >= 15 is 0 Å². The number of carbonyl (C=O) groups is 1. The van der Waals surface area contributed by atoms with Crippen LogP contribution in [0.3, 0.4) is 0 Å². The molecule has 1 aromatic carbocycles. The quantitative estimate of drug-likeness (QED) is 0.734. The Kier molecular flexibility index (Phi) is 3.49. The van der Waals surface area contributed by atoms with Crippen molar-refractivity contribution in [2.45, 2.75) is 6.61 Å². The highest BCUT2D eigenvalue weighted by atomic mass is 16.4. The molecule has 0 saturated heterocycles. The van der Waals surface area contributed by atoms with E-state index in [0.29, 0.717) is 5.69 Å². The van der Waals surface area contributed by atoms with E-state index in [1.807, 2.05) is 0 Å². The number of hydrogen-bond acceptors (Lipinski definition) is 5. The third-order valence-electron chi connectivity index (χ3n) is 2.27. The maximum absolute atomic E-state index is 10.3. The van der Waals surface area contributed by atoms with Crippen LogP contribution in [-0.2, 0) is 11.4 Å².